The fourth-order valence-corrected chi connectivity index (χ4v) is 2.30. The Kier molecular flexibility index (Phi) is 4.51. The van der Waals surface area contributed by atoms with Crippen LogP contribution in [0.25, 0.3) is 0 Å². The Balaban J connectivity index is 1.96. The summed E-state index contributed by atoms with van der Waals surface area (Å²) >= 11 is 1.28. The van der Waals surface area contributed by atoms with E-state index in [0.717, 1.165) is 4.90 Å². The van der Waals surface area contributed by atoms with Gasteiger partial charge in [0.1, 0.15) is 0 Å². The van der Waals surface area contributed by atoms with Crippen LogP contribution in [0.3, 0.4) is 0 Å². The SMILES string of the molecule is C[C@H](Sc1ccccc1)C(=O)Nc1n[nH]c(C(F)(F)F)n1. The molecular weight excluding hydrogens is 305 g/mol. The van der Waals surface area contributed by atoms with E-state index in [4.69, 9.17) is 0 Å². The summed E-state index contributed by atoms with van der Waals surface area (Å²) in [7, 11) is 0. The highest BCUT2D eigenvalue weighted by Gasteiger charge is 2.35. The van der Waals surface area contributed by atoms with E-state index >= 15 is 0 Å². The molecule has 2 aromatic rings. The van der Waals surface area contributed by atoms with Crippen LogP contribution in [-0.4, -0.2) is 26.3 Å². The van der Waals surface area contributed by atoms with Gasteiger partial charge in [-0.15, -0.1) is 16.9 Å². The first-order valence-corrected chi connectivity index (χ1v) is 6.76. The highest BCUT2D eigenvalue weighted by atomic mass is 32.2. The fourth-order valence-electron chi connectivity index (χ4n) is 1.41. The number of amides is 1. The van der Waals surface area contributed by atoms with E-state index in [1.54, 1.807) is 12.0 Å². The number of benzene rings is 1. The van der Waals surface area contributed by atoms with Crippen LogP contribution in [-0.2, 0) is 11.0 Å². The largest absolute Gasteiger partial charge is 0.451 e. The Bertz CT molecular complexity index is 614. The van der Waals surface area contributed by atoms with Gasteiger partial charge in [0.2, 0.25) is 17.7 Å². The first kappa shape index (κ1) is 15.4. The highest BCUT2D eigenvalue weighted by molar-refractivity contribution is 8.00. The van der Waals surface area contributed by atoms with Crippen LogP contribution >= 0.6 is 11.8 Å². The zero-order chi connectivity index (χ0) is 15.5. The minimum atomic E-state index is -4.62. The second-order valence-corrected chi connectivity index (χ2v) is 5.48. The molecule has 5 nitrogen and oxygen atoms in total. The molecule has 1 atom stereocenters. The average Bonchev–Trinajstić information content (AvgIpc) is 2.88. The summed E-state index contributed by atoms with van der Waals surface area (Å²) in [5.74, 6) is -2.12. The summed E-state index contributed by atoms with van der Waals surface area (Å²) < 4.78 is 37.0. The molecule has 0 radical (unpaired) electrons. The van der Waals surface area contributed by atoms with Crippen LogP contribution < -0.4 is 5.32 Å². The van der Waals surface area contributed by atoms with Crippen molar-refractivity contribution >= 4 is 23.6 Å². The molecular formula is C12H11F3N4OS. The Labute approximate surface area is 122 Å². The summed E-state index contributed by atoms with van der Waals surface area (Å²) in [6.45, 7) is 1.64. The number of carbonyl (C=O) groups excluding carboxylic acids is 1. The number of aromatic nitrogens is 3. The quantitative estimate of drug-likeness (QED) is 0.851. The van der Waals surface area contributed by atoms with Crippen molar-refractivity contribution in [1.29, 1.82) is 0 Å². The van der Waals surface area contributed by atoms with Gasteiger partial charge in [-0.05, 0) is 19.1 Å². The number of nitrogens with zero attached hydrogens (tertiary/aromatic N) is 2. The van der Waals surface area contributed by atoms with E-state index in [2.05, 4.69) is 15.4 Å². The molecule has 0 saturated carbocycles. The number of alkyl halides is 3. The summed E-state index contributed by atoms with van der Waals surface area (Å²) in [4.78, 5) is 15.9. The first-order chi connectivity index (χ1) is 9.86. The number of hydrogen-bond acceptors (Lipinski definition) is 4. The third kappa shape index (κ3) is 4.22. The molecule has 0 spiro atoms. The molecule has 1 aromatic carbocycles. The Morgan fingerprint density at radius 3 is 2.57 bits per heavy atom. The van der Waals surface area contributed by atoms with Crippen LogP contribution in [0.5, 0.6) is 0 Å². The second-order valence-electron chi connectivity index (χ2n) is 4.07. The van der Waals surface area contributed by atoms with Gasteiger partial charge < -0.3 is 0 Å². The summed E-state index contributed by atoms with van der Waals surface area (Å²) in [6, 6.07) is 9.18. The Morgan fingerprint density at radius 1 is 1.33 bits per heavy atom. The van der Waals surface area contributed by atoms with Crippen LogP contribution in [0, 0.1) is 0 Å². The van der Waals surface area contributed by atoms with Gasteiger partial charge in [0, 0.05) is 4.90 Å². The Hall–Kier alpha value is -2.03. The third-order valence-electron chi connectivity index (χ3n) is 2.41. The van der Waals surface area contributed by atoms with Crippen LogP contribution in [0.1, 0.15) is 12.7 Å². The van der Waals surface area contributed by atoms with E-state index in [1.165, 1.54) is 11.8 Å². The molecule has 1 aromatic heterocycles. The predicted octanol–water partition coefficient (Wildman–Crippen LogP) is 2.94. The van der Waals surface area contributed by atoms with Crippen molar-refractivity contribution in [2.75, 3.05) is 5.32 Å². The maximum absolute atomic E-state index is 12.3. The minimum absolute atomic E-state index is 0.396. The van der Waals surface area contributed by atoms with Crippen molar-refractivity contribution in [3.8, 4) is 0 Å². The lowest BCUT2D eigenvalue weighted by atomic mass is 10.4. The lowest BCUT2D eigenvalue weighted by Gasteiger charge is -2.09. The number of rotatable bonds is 4. The van der Waals surface area contributed by atoms with E-state index in [9.17, 15) is 18.0 Å². The number of H-pyrrole nitrogens is 1. The van der Waals surface area contributed by atoms with Crippen molar-refractivity contribution in [1.82, 2.24) is 15.2 Å². The second kappa shape index (κ2) is 6.17. The predicted molar refractivity (Wildman–Crippen MR) is 71.8 cm³/mol. The number of halogens is 3. The van der Waals surface area contributed by atoms with E-state index in [1.807, 2.05) is 30.3 Å². The van der Waals surface area contributed by atoms with Gasteiger partial charge in [0.05, 0.1) is 5.25 Å². The molecule has 2 N–H and O–H groups in total. The van der Waals surface area contributed by atoms with Crippen molar-refractivity contribution in [2.24, 2.45) is 0 Å². The van der Waals surface area contributed by atoms with E-state index in [-0.39, 0.29) is 0 Å². The molecule has 0 saturated heterocycles. The van der Waals surface area contributed by atoms with Gasteiger partial charge in [0.25, 0.3) is 0 Å². The normalized spacial score (nSPS) is 13.0. The fraction of sp³-hybridized carbons (Fsp3) is 0.250. The molecule has 0 aliphatic rings. The average molecular weight is 316 g/mol. The molecule has 9 heteroatoms. The molecule has 1 heterocycles. The minimum Gasteiger partial charge on any atom is -0.292 e. The maximum Gasteiger partial charge on any atom is 0.451 e. The van der Waals surface area contributed by atoms with E-state index in [0.29, 0.717) is 0 Å². The lowest BCUT2D eigenvalue weighted by Crippen LogP contribution is -2.23. The number of nitrogens with one attached hydrogen (secondary N) is 2. The maximum atomic E-state index is 12.3. The van der Waals surface area contributed by atoms with Crippen molar-refractivity contribution < 1.29 is 18.0 Å². The van der Waals surface area contributed by atoms with Gasteiger partial charge in [-0.3, -0.25) is 15.2 Å². The molecule has 1 amide bonds. The van der Waals surface area contributed by atoms with Crippen molar-refractivity contribution in [3.63, 3.8) is 0 Å². The molecule has 0 fully saturated rings. The topological polar surface area (TPSA) is 70.7 Å². The van der Waals surface area contributed by atoms with Gasteiger partial charge in [0.15, 0.2) is 0 Å². The van der Waals surface area contributed by atoms with Crippen LogP contribution in [0.4, 0.5) is 19.1 Å². The zero-order valence-electron chi connectivity index (χ0n) is 10.8. The van der Waals surface area contributed by atoms with Gasteiger partial charge in [-0.25, -0.2) is 0 Å². The van der Waals surface area contributed by atoms with Crippen molar-refractivity contribution in [3.05, 3.63) is 36.2 Å². The number of thioether (sulfide) groups is 1. The third-order valence-corrected chi connectivity index (χ3v) is 3.53. The van der Waals surface area contributed by atoms with Gasteiger partial charge in [-0.2, -0.15) is 18.2 Å². The lowest BCUT2D eigenvalue weighted by molar-refractivity contribution is -0.144. The molecule has 0 unspecified atom stereocenters. The summed E-state index contributed by atoms with van der Waals surface area (Å²) in [5, 5.41) is 6.79. The number of anilines is 1. The molecule has 112 valence electrons. The molecule has 0 aliphatic heterocycles. The van der Waals surface area contributed by atoms with Crippen LogP contribution in [0.2, 0.25) is 0 Å². The smallest absolute Gasteiger partial charge is 0.292 e. The number of aromatic amines is 1. The summed E-state index contributed by atoms with van der Waals surface area (Å²) in [5.41, 5.74) is 0. The number of carbonyl (C=O) groups is 1. The summed E-state index contributed by atoms with van der Waals surface area (Å²) in [6.07, 6.45) is -4.62. The van der Waals surface area contributed by atoms with Gasteiger partial charge in [-0.1, -0.05) is 18.2 Å². The highest BCUT2D eigenvalue weighted by Crippen LogP contribution is 2.27. The standard InChI is InChI=1S/C12H11F3N4OS/c1-7(21-8-5-3-2-4-6-8)9(20)16-11-17-10(18-19-11)12(13,14)15/h2-7H,1H3,(H2,16,17,18,19,20)/t7-/m0/s1. The molecule has 0 bridgehead atoms. The Morgan fingerprint density at radius 2 is 2.00 bits per heavy atom. The van der Waals surface area contributed by atoms with E-state index < -0.39 is 29.1 Å². The number of hydrogen-bond donors (Lipinski definition) is 2. The van der Waals surface area contributed by atoms with Gasteiger partial charge >= 0.3 is 6.18 Å². The zero-order valence-corrected chi connectivity index (χ0v) is 11.6. The molecule has 0 aliphatic carbocycles. The van der Waals surface area contributed by atoms with Crippen LogP contribution in [0.15, 0.2) is 35.2 Å². The first-order valence-electron chi connectivity index (χ1n) is 5.88. The monoisotopic (exact) mass is 316 g/mol. The van der Waals surface area contributed by atoms with Crippen molar-refractivity contribution in [2.45, 2.75) is 23.2 Å². The molecule has 2 rings (SSSR count). The molecule has 21 heavy (non-hydrogen) atoms.